The maximum atomic E-state index is 14.3. The number of aryl methyl sites for hydroxylation is 1. The van der Waals surface area contributed by atoms with Crippen molar-refractivity contribution in [3.05, 3.63) is 54.2 Å². The van der Waals surface area contributed by atoms with Gasteiger partial charge in [-0.25, -0.2) is 14.4 Å². The number of imidazole rings is 1. The number of carbonyl (C=O) groups excluding carboxylic acids is 2. The van der Waals surface area contributed by atoms with Crippen molar-refractivity contribution >= 4 is 39.6 Å². The number of aromatic nitrogens is 4. The van der Waals surface area contributed by atoms with E-state index < -0.39 is 12.2 Å². The second kappa shape index (κ2) is 10.8. The van der Waals surface area contributed by atoms with Crippen LogP contribution in [0.15, 0.2) is 48.7 Å². The molecule has 3 aliphatic rings. The Hall–Kier alpha value is -4.97. The van der Waals surface area contributed by atoms with Crippen LogP contribution in [0.5, 0.6) is 11.5 Å². The number of nitrogens with zero attached hydrogens (tertiary/aromatic N) is 5. The first-order chi connectivity index (χ1) is 22.2. The molecular formula is C34H34FN7O4. The van der Waals surface area contributed by atoms with Gasteiger partial charge in [0.2, 0.25) is 0 Å². The first-order valence-corrected chi connectivity index (χ1v) is 15.6. The van der Waals surface area contributed by atoms with Crippen LogP contribution in [0.3, 0.4) is 0 Å². The Morgan fingerprint density at radius 1 is 1.15 bits per heavy atom. The Labute approximate surface area is 264 Å². The number of benzene rings is 2. The van der Waals surface area contributed by atoms with Crippen molar-refractivity contribution in [1.29, 1.82) is 0 Å². The molecule has 11 nitrogen and oxygen atoms in total. The number of piperidine rings is 1. The smallest absolute Gasteiger partial charge is 0.263 e. The van der Waals surface area contributed by atoms with Crippen molar-refractivity contribution < 1.29 is 23.5 Å². The molecule has 2 aliphatic heterocycles. The number of nitrogens with one attached hydrogen (secondary N) is 1. The van der Waals surface area contributed by atoms with Crippen molar-refractivity contribution in [2.24, 2.45) is 18.7 Å². The number of nitrogens with two attached hydrogens (primary N) is 1. The molecule has 0 spiro atoms. The zero-order chi connectivity index (χ0) is 31.7. The number of hydrogen-bond donors (Lipinski definition) is 2. The zero-order valence-electron chi connectivity index (χ0n) is 25.6. The molecule has 0 radical (unpaired) electrons. The highest BCUT2D eigenvalue weighted by Crippen LogP contribution is 2.39. The summed E-state index contributed by atoms with van der Waals surface area (Å²) in [5.74, 6) is 2.32. The Morgan fingerprint density at radius 2 is 2.00 bits per heavy atom. The highest BCUT2D eigenvalue weighted by Gasteiger charge is 2.30. The number of likely N-dealkylation sites (tertiary alicyclic amines) is 1. The summed E-state index contributed by atoms with van der Waals surface area (Å²) >= 11 is 0. The van der Waals surface area contributed by atoms with Gasteiger partial charge in [-0.15, -0.1) is 0 Å². The minimum atomic E-state index is -1.15. The van der Waals surface area contributed by atoms with Crippen LogP contribution < -0.4 is 20.5 Å². The number of rotatable bonds is 6. The third kappa shape index (κ3) is 4.93. The summed E-state index contributed by atoms with van der Waals surface area (Å²) in [6, 6.07) is 13.4. The van der Waals surface area contributed by atoms with Crippen molar-refractivity contribution in [3.8, 4) is 34.1 Å². The van der Waals surface area contributed by atoms with Crippen molar-refractivity contribution in [2.75, 3.05) is 32.1 Å². The maximum absolute atomic E-state index is 14.3. The van der Waals surface area contributed by atoms with E-state index in [9.17, 15) is 14.0 Å². The molecule has 2 aromatic carbocycles. The summed E-state index contributed by atoms with van der Waals surface area (Å²) in [5.41, 5.74) is 11.7. The molecule has 12 heteroatoms. The Kier molecular flexibility index (Phi) is 6.71. The third-order valence-electron chi connectivity index (χ3n) is 9.19. The van der Waals surface area contributed by atoms with Crippen LogP contribution in [-0.4, -0.2) is 74.8 Å². The van der Waals surface area contributed by atoms with E-state index in [0.717, 1.165) is 45.6 Å². The quantitative estimate of drug-likeness (QED) is 0.285. The minimum Gasteiger partial charge on any atom is -0.494 e. The first-order valence-electron chi connectivity index (χ1n) is 15.6. The van der Waals surface area contributed by atoms with Crippen LogP contribution in [0.25, 0.3) is 44.6 Å². The van der Waals surface area contributed by atoms with Gasteiger partial charge in [-0.05, 0) is 61.1 Å². The summed E-state index contributed by atoms with van der Waals surface area (Å²) < 4.78 is 30.0. The van der Waals surface area contributed by atoms with Crippen molar-refractivity contribution in [1.82, 2.24) is 24.0 Å². The highest BCUT2D eigenvalue weighted by atomic mass is 19.1. The van der Waals surface area contributed by atoms with E-state index in [4.69, 9.17) is 20.2 Å². The molecule has 2 atom stereocenters. The number of halogens is 1. The number of methoxy groups -OCH3 is 1. The van der Waals surface area contributed by atoms with Crippen LogP contribution in [0, 0.1) is 5.92 Å². The van der Waals surface area contributed by atoms with E-state index in [2.05, 4.69) is 39.1 Å². The van der Waals surface area contributed by atoms with Gasteiger partial charge in [0.15, 0.2) is 24.0 Å². The minimum absolute atomic E-state index is 0.0225. The van der Waals surface area contributed by atoms with Crippen LogP contribution in [0.2, 0.25) is 0 Å². The Morgan fingerprint density at radius 3 is 2.78 bits per heavy atom. The molecule has 3 aromatic heterocycles. The van der Waals surface area contributed by atoms with E-state index in [1.165, 1.54) is 17.7 Å². The third-order valence-corrected chi connectivity index (χ3v) is 9.19. The fourth-order valence-electron chi connectivity index (χ4n) is 6.73. The van der Waals surface area contributed by atoms with Gasteiger partial charge in [-0.2, -0.15) is 0 Å². The largest absolute Gasteiger partial charge is 0.494 e. The molecule has 2 fully saturated rings. The van der Waals surface area contributed by atoms with Gasteiger partial charge in [0.05, 0.1) is 24.9 Å². The van der Waals surface area contributed by atoms with Crippen molar-refractivity contribution in [2.45, 2.75) is 38.0 Å². The molecule has 0 bridgehead atoms. The van der Waals surface area contributed by atoms with Crippen molar-refractivity contribution in [3.63, 3.8) is 0 Å². The lowest BCUT2D eigenvalue weighted by Gasteiger charge is -2.33. The number of anilines is 1. The van der Waals surface area contributed by atoms with Gasteiger partial charge in [0, 0.05) is 54.4 Å². The Balaban J connectivity index is 1.21. The molecule has 1 aliphatic carbocycles. The number of pyridine rings is 1. The average Bonchev–Trinajstić information content (AvgIpc) is 3.72. The predicted octanol–water partition coefficient (Wildman–Crippen LogP) is 4.52. The lowest BCUT2D eigenvalue weighted by atomic mass is 10.0. The van der Waals surface area contributed by atoms with E-state index in [-0.39, 0.29) is 31.4 Å². The summed E-state index contributed by atoms with van der Waals surface area (Å²) in [6.45, 7) is 1.15. The van der Waals surface area contributed by atoms with Gasteiger partial charge in [0.1, 0.15) is 17.4 Å². The number of alkyl halides is 1. The van der Waals surface area contributed by atoms with Gasteiger partial charge < -0.3 is 34.6 Å². The van der Waals surface area contributed by atoms with Crippen LogP contribution in [-0.2, 0) is 18.4 Å². The molecule has 0 unspecified atom stereocenters. The van der Waals surface area contributed by atoms with Crippen LogP contribution >= 0.6 is 0 Å². The summed E-state index contributed by atoms with van der Waals surface area (Å²) in [4.78, 5) is 36.2. The molecule has 236 valence electrons. The number of hydrogen-bond acceptors (Lipinski definition) is 7. The fourth-order valence-corrected chi connectivity index (χ4v) is 6.73. The molecule has 3 N–H and O–H groups in total. The molecule has 2 amide bonds. The molecular weight excluding hydrogens is 589 g/mol. The summed E-state index contributed by atoms with van der Waals surface area (Å²) in [7, 11) is 3.53. The lowest BCUT2D eigenvalue weighted by molar-refractivity contribution is -0.118. The van der Waals surface area contributed by atoms with E-state index >= 15 is 0 Å². The SMILES string of the molecule is COc1cc(C(=O)N2C[C@H](N)C[C@@H](F)C2)cc2nc(-c3cc4ccc(-c5cnc6c(c5)OCC(=O)N6)cc4n3CC3CC3)n(C)c12. The maximum Gasteiger partial charge on any atom is 0.263 e. The van der Waals surface area contributed by atoms with Crippen LogP contribution in [0.4, 0.5) is 10.2 Å². The first kappa shape index (κ1) is 28.5. The number of carbonyl (C=O) groups is 2. The highest BCUT2D eigenvalue weighted by molar-refractivity contribution is 6.00. The molecule has 1 saturated heterocycles. The molecule has 1 saturated carbocycles. The van der Waals surface area contributed by atoms with Gasteiger partial charge in [0.25, 0.3) is 11.8 Å². The van der Waals surface area contributed by atoms with Crippen LogP contribution in [0.1, 0.15) is 29.6 Å². The molecule has 5 aromatic rings. The Bertz CT molecular complexity index is 2040. The standard InChI is InChI=1S/C34H34FN7O4/c1-40-31-25(7-21(10-28(31)45-2)34(44)41-15-23(35)12-24(36)16-41)38-33(40)27-9-20-6-5-19(8-26(20)42(27)14-18-3-4-18)22-11-29-32(37-13-22)39-30(43)17-46-29/h5-11,13,18,23-24H,3-4,12,14-17,36H2,1-2H3,(H,37,39,43)/t23-,24-/m1/s1. The second-order valence-corrected chi connectivity index (χ2v) is 12.6. The van der Waals surface area contributed by atoms with Gasteiger partial charge in [-0.1, -0.05) is 12.1 Å². The van der Waals surface area contributed by atoms with Gasteiger partial charge in [-0.3, -0.25) is 9.59 Å². The van der Waals surface area contributed by atoms with E-state index in [0.29, 0.717) is 40.9 Å². The number of fused-ring (bicyclic) bond motifs is 3. The monoisotopic (exact) mass is 623 g/mol. The topological polar surface area (TPSA) is 130 Å². The average molecular weight is 624 g/mol. The van der Waals surface area contributed by atoms with E-state index in [1.54, 1.807) is 25.4 Å². The number of amides is 2. The molecule has 8 rings (SSSR count). The molecule has 5 heterocycles. The zero-order valence-corrected chi connectivity index (χ0v) is 25.6. The van der Waals surface area contributed by atoms with Gasteiger partial charge >= 0.3 is 0 Å². The fraction of sp³-hybridized carbons (Fsp3) is 0.353. The second-order valence-electron chi connectivity index (χ2n) is 12.6. The normalized spacial score (nSPS) is 19.7. The molecule has 46 heavy (non-hydrogen) atoms. The lowest BCUT2D eigenvalue weighted by Crippen LogP contribution is -2.50. The summed E-state index contributed by atoms with van der Waals surface area (Å²) in [5, 5.41) is 3.82. The number of ether oxygens (including phenoxy) is 2. The summed E-state index contributed by atoms with van der Waals surface area (Å²) in [6.07, 6.45) is 3.21. The van der Waals surface area contributed by atoms with E-state index in [1.807, 2.05) is 17.7 Å². The predicted molar refractivity (Wildman–Crippen MR) is 172 cm³/mol.